The van der Waals surface area contributed by atoms with E-state index < -0.39 is 12.7 Å². The SMILES string of the molecule is CC(CC1CCCCN1Cc1ccccc1)NCC(F)(F)F. The highest BCUT2D eigenvalue weighted by Gasteiger charge is 2.29. The third kappa shape index (κ3) is 5.97. The topological polar surface area (TPSA) is 15.3 Å². The summed E-state index contributed by atoms with van der Waals surface area (Å²) in [5.41, 5.74) is 1.27. The second-order valence-electron chi connectivity index (χ2n) is 6.24. The molecule has 0 amide bonds. The fraction of sp³-hybridized carbons (Fsp3) is 0.647. The van der Waals surface area contributed by atoms with Gasteiger partial charge in [0.15, 0.2) is 0 Å². The van der Waals surface area contributed by atoms with Crippen LogP contribution in [0.3, 0.4) is 0 Å². The second-order valence-corrected chi connectivity index (χ2v) is 6.24. The lowest BCUT2D eigenvalue weighted by Crippen LogP contribution is -2.44. The molecule has 0 bridgehead atoms. The van der Waals surface area contributed by atoms with Crippen LogP contribution in [0.1, 0.15) is 38.2 Å². The minimum atomic E-state index is -4.13. The van der Waals surface area contributed by atoms with Gasteiger partial charge in [-0.2, -0.15) is 13.2 Å². The fourth-order valence-electron chi connectivity index (χ4n) is 3.13. The smallest absolute Gasteiger partial charge is 0.306 e. The molecule has 1 saturated heterocycles. The molecule has 2 atom stereocenters. The Morgan fingerprint density at radius 2 is 1.95 bits per heavy atom. The highest BCUT2D eigenvalue weighted by molar-refractivity contribution is 5.14. The molecule has 2 nitrogen and oxygen atoms in total. The van der Waals surface area contributed by atoms with Gasteiger partial charge in [-0.15, -0.1) is 0 Å². The van der Waals surface area contributed by atoms with Crippen molar-refractivity contribution < 1.29 is 13.2 Å². The molecule has 1 aromatic carbocycles. The van der Waals surface area contributed by atoms with E-state index in [0.717, 1.165) is 25.9 Å². The Morgan fingerprint density at radius 3 is 2.64 bits per heavy atom. The Bertz CT molecular complexity index is 433. The predicted molar refractivity (Wildman–Crippen MR) is 82.6 cm³/mol. The van der Waals surface area contributed by atoms with Crippen molar-refractivity contribution in [3.05, 3.63) is 35.9 Å². The van der Waals surface area contributed by atoms with Gasteiger partial charge in [0.25, 0.3) is 0 Å². The van der Waals surface area contributed by atoms with Crippen LogP contribution in [0, 0.1) is 0 Å². The Kier molecular flexibility index (Phi) is 6.26. The third-order valence-electron chi connectivity index (χ3n) is 4.25. The van der Waals surface area contributed by atoms with Gasteiger partial charge in [0, 0.05) is 18.6 Å². The average molecular weight is 314 g/mol. The minimum absolute atomic E-state index is 0.122. The van der Waals surface area contributed by atoms with E-state index in [4.69, 9.17) is 0 Å². The molecule has 0 radical (unpaired) electrons. The number of hydrogen-bond donors (Lipinski definition) is 1. The van der Waals surface area contributed by atoms with E-state index in [1.54, 1.807) is 0 Å². The summed E-state index contributed by atoms with van der Waals surface area (Å²) >= 11 is 0. The molecule has 0 saturated carbocycles. The van der Waals surface area contributed by atoms with Crippen LogP contribution in [0.15, 0.2) is 30.3 Å². The Labute approximate surface area is 130 Å². The van der Waals surface area contributed by atoms with Gasteiger partial charge in [0.05, 0.1) is 6.54 Å². The van der Waals surface area contributed by atoms with Crippen LogP contribution in [-0.4, -0.2) is 36.2 Å². The molecule has 22 heavy (non-hydrogen) atoms. The Morgan fingerprint density at radius 1 is 1.23 bits per heavy atom. The quantitative estimate of drug-likeness (QED) is 0.854. The maximum absolute atomic E-state index is 12.3. The van der Waals surface area contributed by atoms with E-state index in [1.807, 2.05) is 25.1 Å². The van der Waals surface area contributed by atoms with Gasteiger partial charge in [-0.3, -0.25) is 4.90 Å². The third-order valence-corrected chi connectivity index (χ3v) is 4.25. The molecule has 1 fully saturated rings. The number of hydrogen-bond acceptors (Lipinski definition) is 2. The maximum Gasteiger partial charge on any atom is 0.401 e. The Hall–Kier alpha value is -1.07. The first kappa shape index (κ1) is 17.3. The van der Waals surface area contributed by atoms with Crippen molar-refractivity contribution in [1.82, 2.24) is 10.2 Å². The van der Waals surface area contributed by atoms with Crippen LogP contribution in [-0.2, 0) is 6.54 Å². The first-order valence-corrected chi connectivity index (χ1v) is 8.02. The highest BCUT2D eigenvalue weighted by Crippen LogP contribution is 2.23. The van der Waals surface area contributed by atoms with E-state index in [0.29, 0.717) is 6.04 Å². The first-order valence-electron chi connectivity index (χ1n) is 8.02. The summed E-state index contributed by atoms with van der Waals surface area (Å²) in [6.07, 6.45) is 0.0496. The van der Waals surface area contributed by atoms with Crippen LogP contribution in [0.5, 0.6) is 0 Å². The highest BCUT2D eigenvalue weighted by atomic mass is 19.4. The molecule has 1 heterocycles. The molecule has 1 aromatic rings. The summed E-state index contributed by atoms with van der Waals surface area (Å²) in [6, 6.07) is 10.5. The van der Waals surface area contributed by atoms with Crippen LogP contribution in [0.2, 0.25) is 0 Å². The molecule has 1 N–H and O–H groups in total. The van der Waals surface area contributed by atoms with E-state index in [9.17, 15) is 13.2 Å². The van der Waals surface area contributed by atoms with Crippen molar-refractivity contribution in [2.24, 2.45) is 0 Å². The van der Waals surface area contributed by atoms with Gasteiger partial charge in [0.1, 0.15) is 0 Å². The number of nitrogens with zero attached hydrogens (tertiary/aromatic N) is 1. The van der Waals surface area contributed by atoms with Crippen molar-refractivity contribution in [3.8, 4) is 0 Å². The molecule has 0 aromatic heterocycles. The predicted octanol–water partition coefficient (Wildman–Crippen LogP) is 3.97. The largest absolute Gasteiger partial charge is 0.401 e. The molecule has 1 aliphatic rings. The fourth-order valence-corrected chi connectivity index (χ4v) is 3.13. The number of rotatable bonds is 6. The summed E-state index contributed by atoms with van der Waals surface area (Å²) < 4.78 is 36.9. The van der Waals surface area contributed by atoms with Gasteiger partial charge in [-0.1, -0.05) is 36.8 Å². The normalized spacial score (nSPS) is 21.7. The first-order chi connectivity index (χ1) is 10.4. The van der Waals surface area contributed by atoms with Gasteiger partial charge in [-0.25, -0.2) is 0 Å². The number of benzene rings is 1. The van der Waals surface area contributed by atoms with E-state index in [-0.39, 0.29) is 6.04 Å². The van der Waals surface area contributed by atoms with Crippen molar-refractivity contribution in [1.29, 1.82) is 0 Å². The maximum atomic E-state index is 12.3. The summed E-state index contributed by atoms with van der Waals surface area (Å²) in [6.45, 7) is 2.86. The van der Waals surface area contributed by atoms with Crippen LogP contribution < -0.4 is 5.32 Å². The zero-order valence-corrected chi connectivity index (χ0v) is 13.1. The van der Waals surface area contributed by atoms with Crippen LogP contribution in [0.25, 0.3) is 0 Å². The van der Waals surface area contributed by atoms with Crippen molar-refractivity contribution in [3.63, 3.8) is 0 Å². The summed E-state index contributed by atoms with van der Waals surface area (Å²) in [4.78, 5) is 2.42. The zero-order chi connectivity index (χ0) is 16.0. The lowest BCUT2D eigenvalue weighted by atomic mass is 9.95. The number of alkyl halides is 3. The molecule has 0 aliphatic carbocycles. The molecule has 2 rings (SSSR count). The van der Waals surface area contributed by atoms with E-state index >= 15 is 0 Å². The number of nitrogens with one attached hydrogen (secondary N) is 1. The van der Waals surface area contributed by atoms with E-state index in [2.05, 4.69) is 22.3 Å². The standard InChI is InChI=1S/C17H25F3N2/c1-14(21-13-17(18,19)20)11-16-9-5-6-10-22(16)12-15-7-3-2-4-8-15/h2-4,7-8,14,16,21H,5-6,9-13H2,1H3. The second kappa shape index (κ2) is 7.97. The van der Waals surface area contributed by atoms with Gasteiger partial charge >= 0.3 is 6.18 Å². The molecule has 5 heteroatoms. The number of piperidine rings is 1. The zero-order valence-electron chi connectivity index (χ0n) is 13.1. The summed E-state index contributed by atoms with van der Waals surface area (Å²) in [5, 5.41) is 2.60. The average Bonchev–Trinajstić information content (AvgIpc) is 2.48. The monoisotopic (exact) mass is 314 g/mol. The summed E-state index contributed by atoms with van der Waals surface area (Å²) in [5.74, 6) is 0. The molecule has 1 aliphatic heterocycles. The number of halogens is 3. The molecular formula is C17H25F3N2. The molecule has 124 valence electrons. The van der Waals surface area contributed by atoms with Crippen LogP contribution in [0.4, 0.5) is 13.2 Å². The van der Waals surface area contributed by atoms with Crippen LogP contribution >= 0.6 is 0 Å². The summed E-state index contributed by atoms with van der Waals surface area (Å²) in [7, 11) is 0. The van der Waals surface area contributed by atoms with E-state index in [1.165, 1.54) is 18.4 Å². The Balaban J connectivity index is 1.86. The van der Waals surface area contributed by atoms with Gasteiger partial charge < -0.3 is 5.32 Å². The molecular weight excluding hydrogens is 289 g/mol. The van der Waals surface area contributed by atoms with Crippen molar-refractivity contribution >= 4 is 0 Å². The molecule has 2 unspecified atom stereocenters. The number of likely N-dealkylation sites (tertiary alicyclic amines) is 1. The molecule has 0 spiro atoms. The van der Waals surface area contributed by atoms with Crippen molar-refractivity contribution in [2.45, 2.75) is 57.4 Å². The lowest BCUT2D eigenvalue weighted by Gasteiger charge is -2.37. The minimum Gasteiger partial charge on any atom is -0.306 e. The van der Waals surface area contributed by atoms with Gasteiger partial charge in [-0.05, 0) is 38.3 Å². The van der Waals surface area contributed by atoms with Gasteiger partial charge in [0.2, 0.25) is 0 Å². The van der Waals surface area contributed by atoms with Crippen molar-refractivity contribution in [2.75, 3.05) is 13.1 Å². The lowest BCUT2D eigenvalue weighted by molar-refractivity contribution is -0.126.